The molecule has 1 rings (SSSR count). The Balaban J connectivity index is 2.23. The molecular weight excluding hydrogens is 260 g/mol. The molecule has 0 saturated heterocycles. The van der Waals surface area contributed by atoms with Gasteiger partial charge < -0.3 is 4.74 Å². The first-order chi connectivity index (χ1) is 8.77. The summed E-state index contributed by atoms with van der Waals surface area (Å²) in [6.07, 6.45) is 5.07. The highest BCUT2D eigenvalue weighted by Gasteiger charge is 2.00. The second-order valence-corrected chi connectivity index (χ2v) is 5.77. The quantitative estimate of drug-likeness (QED) is 0.510. The molecular formula is C15H22OS2. The number of ether oxygens (including phenoxy) is 1. The Labute approximate surface area is 120 Å². The maximum Gasteiger partial charge on any atom is 0.118 e. The zero-order valence-electron chi connectivity index (χ0n) is 11.0. The lowest BCUT2D eigenvalue weighted by Gasteiger charge is -2.06. The molecule has 1 aromatic rings. The number of benzene rings is 1. The number of unbranched alkanes of at least 4 members (excludes halogenated alkanes) is 3. The van der Waals surface area contributed by atoms with Crippen molar-refractivity contribution >= 4 is 29.3 Å². The van der Waals surface area contributed by atoms with E-state index in [9.17, 15) is 0 Å². The molecule has 0 amide bonds. The largest absolute Gasteiger partial charge is 0.497 e. The fourth-order valence-corrected chi connectivity index (χ4v) is 2.74. The van der Waals surface area contributed by atoms with Crippen LogP contribution < -0.4 is 4.74 Å². The van der Waals surface area contributed by atoms with Crippen LogP contribution in [0.1, 0.15) is 31.2 Å². The number of thioether (sulfide) groups is 1. The zero-order valence-corrected chi connectivity index (χ0v) is 12.7. The van der Waals surface area contributed by atoms with Gasteiger partial charge in [0.15, 0.2) is 0 Å². The van der Waals surface area contributed by atoms with Crippen LogP contribution in [0.25, 0.3) is 4.91 Å². The number of hydrogen-bond donors (Lipinski definition) is 1. The van der Waals surface area contributed by atoms with Gasteiger partial charge in [-0.25, -0.2) is 0 Å². The van der Waals surface area contributed by atoms with E-state index in [-0.39, 0.29) is 0 Å². The van der Waals surface area contributed by atoms with Crippen molar-refractivity contribution in [2.24, 2.45) is 0 Å². The van der Waals surface area contributed by atoms with Crippen molar-refractivity contribution in [3.8, 4) is 5.75 Å². The Bertz CT molecular complexity index is 346. The second kappa shape index (κ2) is 9.40. The van der Waals surface area contributed by atoms with Crippen molar-refractivity contribution in [2.45, 2.75) is 25.7 Å². The lowest BCUT2D eigenvalue weighted by atomic mass is 10.2. The van der Waals surface area contributed by atoms with Gasteiger partial charge in [0.05, 0.1) is 7.11 Å². The molecule has 0 fully saturated rings. The molecule has 0 N–H and O–H groups in total. The van der Waals surface area contributed by atoms with Gasteiger partial charge in [0, 0.05) is 4.91 Å². The van der Waals surface area contributed by atoms with Crippen molar-refractivity contribution in [3.63, 3.8) is 0 Å². The summed E-state index contributed by atoms with van der Waals surface area (Å²) in [6, 6.07) is 8.09. The first kappa shape index (κ1) is 15.5. The molecule has 0 aromatic heterocycles. The molecule has 0 bridgehead atoms. The van der Waals surface area contributed by atoms with Crippen LogP contribution in [-0.4, -0.2) is 18.6 Å². The van der Waals surface area contributed by atoms with Crippen LogP contribution in [-0.2, 0) is 0 Å². The van der Waals surface area contributed by atoms with E-state index in [0.717, 1.165) is 22.2 Å². The van der Waals surface area contributed by atoms with E-state index in [4.69, 9.17) is 4.74 Å². The van der Waals surface area contributed by atoms with E-state index in [2.05, 4.69) is 31.3 Å². The van der Waals surface area contributed by atoms with Crippen LogP contribution in [0.4, 0.5) is 0 Å². The van der Waals surface area contributed by atoms with Gasteiger partial charge in [-0.3, -0.25) is 0 Å². The fraction of sp³-hybridized carbons (Fsp3) is 0.467. The molecule has 1 aromatic carbocycles. The molecule has 0 atom stereocenters. The number of thiol groups is 1. The molecule has 18 heavy (non-hydrogen) atoms. The average Bonchev–Trinajstić information content (AvgIpc) is 2.42. The van der Waals surface area contributed by atoms with Crippen LogP contribution in [0.5, 0.6) is 5.75 Å². The maximum absolute atomic E-state index is 5.14. The summed E-state index contributed by atoms with van der Waals surface area (Å²) in [6.45, 7) is 4.12. The van der Waals surface area contributed by atoms with Crippen LogP contribution in [0.2, 0.25) is 0 Å². The monoisotopic (exact) mass is 282 g/mol. The zero-order chi connectivity index (χ0) is 13.2. The molecule has 0 aliphatic carbocycles. The third-order valence-electron chi connectivity index (χ3n) is 2.74. The highest BCUT2D eigenvalue weighted by atomic mass is 32.2. The summed E-state index contributed by atoms with van der Waals surface area (Å²) in [4.78, 5) is 1.15. The Kier molecular flexibility index (Phi) is 8.10. The highest BCUT2D eigenvalue weighted by molar-refractivity contribution is 8.08. The van der Waals surface area contributed by atoms with Gasteiger partial charge in [-0.1, -0.05) is 31.6 Å². The van der Waals surface area contributed by atoms with E-state index in [0.29, 0.717) is 0 Å². The molecule has 0 unspecified atom stereocenters. The number of hydrogen-bond acceptors (Lipinski definition) is 3. The predicted octanol–water partition coefficient (Wildman–Crippen LogP) is 4.89. The van der Waals surface area contributed by atoms with E-state index < -0.39 is 0 Å². The Hall–Kier alpha value is -0.540. The SMILES string of the molecule is C=C(SCCCCCCS)c1ccc(OC)cc1. The standard InChI is InChI=1S/C15H22OS2/c1-13(18-12-6-4-3-5-11-17)14-7-9-15(16-2)10-8-14/h7-10,17H,1,3-6,11-12H2,2H3. The third kappa shape index (κ3) is 5.87. The molecule has 0 aliphatic heterocycles. The summed E-state index contributed by atoms with van der Waals surface area (Å²) in [5, 5.41) is 0. The molecule has 0 heterocycles. The van der Waals surface area contributed by atoms with Gasteiger partial charge in [0.2, 0.25) is 0 Å². The first-order valence-corrected chi connectivity index (χ1v) is 7.96. The predicted molar refractivity (Wildman–Crippen MR) is 86.8 cm³/mol. The van der Waals surface area contributed by atoms with Gasteiger partial charge in [0.1, 0.15) is 5.75 Å². The highest BCUT2D eigenvalue weighted by Crippen LogP contribution is 2.27. The number of rotatable bonds is 9. The van der Waals surface area contributed by atoms with Crippen LogP contribution in [0.15, 0.2) is 30.8 Å². The summed E-state index contributed by atoms with van der Waals surface area (Å²) < 4.78 is 5.14. The second-order valence-electron chi connectivity index (χ2n) is 4.14. The first-order valence-electron chi connectivity index (χ1n) is 6.35. The summed E-state index contributed by atoms with van der Waals surface area (Å²) in [7, 11) is 1.68. The van der Waals surface area contributed by atoms with Crippen LogP contribution >= 0.6 is 24.4 Å². The topological polar surface area (TPSA) is 9.23 Å². The van der Waals surface area contributed by atoms with Crippen molar-refractivity contribution in [1.29, 1.82) is 0 Å². The molecule has 1 nitrogen and oxygen atoms in total. The Morgan fingerprint density at radius 3 is 2.44 bits per heavy atom. The van der Waals surface area contributed by atoms with Crippen LogP contribution in [0, 0.1) is 0 Å². The van der Waals surface area contributed by atoms with Gasteiger partial charge in [0.25, 0.3) is 0 Å². The van der Waals surface area contributed by atoms with Crippen LogP contribution in [0.3, 0.4) is 0 Å². The summed E-state index contributed by atoms with van der Waals surface area (Å²) >= 11 is 6.06. The molecule has 0 spiro atoms. The normalized spacial score (nSPS) is 10.3. The van der Waals surface area contributed by atoms with Gasteiger partial charge in [-0.15, -0.1) is 11.8 Å². The fourth-order valence-electron chi connectivity index (χ4n) is 1.62. The van der Waals surface area contributed by atoms with Crippen molar-refractivity contribution in [2.75, 3.05) is 18.6 Å². The molecule has 0 radical (unpaired) electrons. The molecule has 0 saturated carbocycles. The number of methoxy groups -OCH3 is 1. The van der Waals surface area contributed by atoms with Gasteiger partial charge >= 0.3 is 0 Å². The van der Waals surface area contributed by atoms with Crippen molar-refractivity contribution < 1.29 is 4.74 Å². The van der Waals surface area contributed by atoms with Gasteiger partial charge in [-0.05, 0) is 42.0 Å². The van der Waals surface area contributed by atoms with Gasteiger partial charge in [-0.2, -0.15) is 12.6 Å². The summed E-state index contributed by atoms with van der Waals surface area (Å²) in [5.74, 6) is 3.05. The molecule has 0 aliphatic rings. The van der Waals surface area contributed by atoms with Crippen molar-refractivity contribution in [1.82, 2.24) is 0 Å². The summed E-state index contributed by atoms with van der Waals surface area (Å²) in [5.41, 5.74) is 1.19. The van der Waals surface area contributed by atoms with E-state index in [1.165, 1.54) is 31.2 Å². The minimum atomic E-state index is 0.892. The molecule has 100 valence electrons. The Morgan fingerprint density at radius 1 is 1.17 bits per heavy atom. The van der Waals surface area contributed by atoms with E-state index >= 15 is 0 Å². The van der Waals surface area contributed by atoms with E-state index in [1.807, 2.05) is 23.9 Å². The minimum Gasteiger partial charge on any atom is -0.497 e. The smallest absolute Gasteiger partial charge is 0.118 e. The van der Waals surface area contributed by atoms with Crippen molar-refractivity contribution in [3.05, 3.63) is 36.4 Å². The minimum absolute atomic E-state index is 0.892. The lowest BCUT2D eigenvalue weighted by molar-refractivity contribution is 0.415. The molecule has 3 heteroatoms. The Morgan fingerprint density at radius 2 is 1.83 bits per heavy atom. The van der Waals surface area contributed by atoms with E-state index in [1.54, 1.807) is 7.11 Å². The average molecular weight is 282 g/mol. The third-order valence-corrected chi connectivity index (χ3v) is 4.13. The lowest BCUT2D eigenvalue weighted by Crippen LogP contribution is -1.86. The maximum atomic E-state index is 5.14.